The van der Waals surface area contributed by atoms with Crippen molar-refractivity contribution in [1.29, 1.82) is 0 Å². The lowest BCUT2D eigenvalue weighted by Gasteiger charge is -2.16. The van der Waals surface area contributed by atoms with Crippen LogP contribution in [-0.2, 0) is 0 Å². The van der Waals surface area contributed by atoms with Crippen LogP contribution in [0.1, 0.15) is 12.8 Å². The van der Waals surface area contributed by atoms with E-state index in [1.54, 1.807) is 0 Å². The van der Waals surface area contributed by atoms with Gasteiger partial charge in [-0.2, -0.15) is 0 Å². The Morgan fingerprint density at radius 2 is 2.22 bits per heavy atom. The standard InChI is InChI=1S/C8H9N/c1-2-6-9(7-3-1)8-4-5-8/h2,7-8H,4-6H2. The van der Waals surface area contributed by atoms with Crippen LogP contribution >= 0.6 is 0 Å². The highest BCUT2D eigenvalue weighted by atomic mass is 15.2. The van der Waals surface area contributed by atoms with Crippen molar-refractivity contribution in [3.63, 3.8) is 0 Å². The molecule has 1 fully saturated rings. The van der Waals surface area contributed by atoms with Crippen molar-refractivity contribution >= 4 is 0 Å². The quantitative estimate of drug-likeness (QED) is 0.470. The molecule has 0 atom stereocenters. The summed E-state index contributed by atoms with van der Waals surface area (Å²) in [7, 11) is 0. The summed E-state index contributed by atoms with van der Waals surface area (Å²) in [6, 6.07) is 0.829. The van der Waals surface area contributed by atoms with Crippen LogP contribution in [0.15, 0.2) is 23.7 Å². The molecule has 1 heterocycles. The van der Waals surface area contributed by atoms with Crippen molar-refractivity contribution < 1.29 is 0 Å². The van der Waals surface area contributed by atoms with E-state index in [0.717, 1.165) is 12.6 Å². The Hall–Kier alpha value is -0.900. The molecule has 2 aliphatic rings. The van der Waals surface area contributed by atoms with Crippen LogP contribution in [0.3, 0.4) is 0 Å². The number of rotatable bonds is 1. The first-order valence-corrected chi connectivity index (χ1v) is 3.38. The van der Waals surface area contributed by atoms with E-state index in [-0.39, 0.29) is 0 Å². The van der Waals surface area contributed by atoms with E-state index in [1.807, 2.05) is 12.3 Å². The van der Waals surface area contributed by atoms with Crippen molar-refractivity contribution in [3.05, 3.63) is 23.7 Å². The fourth-order valence-corrected chi connectivity index (χ4v) is 1.04. The molecule has 1 saturated carbocycles. The van der Waals surface area contributed by atoms with Gasteiger partial charge in [-0.1, -0.05) is 11.5 Å². The maximum absolute atomic E-state index is 2.95. The third-order valence-corrected chi connectivity index (χ3v) is 1.73. The first kappa shape index (κ1) is 4.93. The van der Waals surface area contributed by atoms with Crippen LogP contribution in [0.5, 0.6) is 0 Å². The maximum Gasteiger partial charge on any atom is 0.0514 e. The molecule has 0 unspecified atom stereocenters. The number of nitrogens with zero attached hydrogens (tertiary/aromatic N) is 1. The normalized spacial score (nSPS) is 23.3. The number of hydrogen-bond acceptors (Lipinski definition) is 1. The Bertz CT molecular complexity index is 201. The van der Waals surface area contributed by atoms with Crippen LogP contribution in [0.2, 0.25) is 0 Å². The average Bonchev–Trinajstić information content (AvgIpc) is 2.71. The number of hydrogen-bond donors (Lipinski definition) is 0. The van der Waals surface area contributed by atoms with Gasteiger partial charge in [0.25, 0.3) is 0 Å². The van der Waals surface area contributed by atoms with Crippen molar-refractivity contribution in [2.75, 3.05) is 6.54 Å². The summed E-state index contributed by atoms with van der Waals surface area (Å²) >= 11 is 0. The Balaban J connectivity index is 2.10. The lowest BCUT2D eigenvalue weighted by atomic mass is 10.4. The highest BCUT2D eigenvalue weighted by Crippen LogP contribution is 2.26. The van der Waals surface area contributed by atoms with Crippen LogP contribution in [0.4, 0.5) is 0 Å². The SMILES string of the molecule is C1=C=CN(C2CC2)CC=1. The van der Waals surface area contributed by atoms with Crippen LogP contribution in [0.25, 0.3) is 0 Å². The molecule has 0 aromatic rings. The van der Waals surface area contributed by atoms with Gasteiger partial charge < -0.3 is 4.90 Å². The second kappa shape index (κ2) is 1.80. The van der Waals surface area contributed by atoms with Crippen molar-refractivity contribution in [3.8, 4) is 0 Å². The zero-order valence-corrected chi connectivity index (χ0v) is 5.30. The molecule has 1 aliphatic heterocycles. The monoisotopic (exact) mass is 119 g/mol. The molecule has 0 N–H and O–H groups in total. The van der Waals surface area contributed by atoms with Gasteiger partial charge in [-0.3, -0.25) is 0 Å². The smallest absolute Gasteiger partial charge is 0.0514 e. The molecule has 9 heavy (non-hydrogen) atoms. The van der Waals surface area contributed by atoms with Crippen LogP contribution in [-0.4, -0.2) is 17.5 Å². The molecular formula is C8H9N. The molecule has 0 aromatic carbocycles. The predicted octanol–water partition coefficient (Wildman–Crippen LogP) is 1.29. The second-order valence-electron chi connectivity index (χ2n) is 2.55. The largest absolute Gasteiger partial charge is 0.363 e. The van der Waals surface area contributed by atoms with Crippen molar-refractivity contribution in [1.82, 2.24) is 4.90 Å². The first-order valence-electron chi connectivity index (χ1n) is 3.38. The molecule has 0 amide bonds. The topological polar surface area (TPSA) is 3.24 Å². The van der Waals surface area contributed by atoms with E-state index in [9.17, 15) is 0 Å². The van der Waals surface area contributed by atoms with Crippen LogP contribution in [0, 0.1) is 0 Å². The first-order chi connectivity index (χ1) is 4.47. The lowest BCUT2D eigenvalue weighted by molar-refractivity contribution is 0.404. The molecule has 0 aromatic heterocycles. The van der Waals surface area contributed by atoms with E-state index in [0.29, 0.717) is 0 Å². The molecule has 0 spiro atoms. The Kier molecular flexibility index (Phi) is 0.989. The van der Waals surface area contributed by atoms with E-state index in [4.69, 9.17) is 0 Å². The molecule has 0 saturated heterocycles. The van der Waals surface area contributed by atoms with E-state index in [2.05, 4.69) is 16.4 Å². The molecule has 0 radical (unpaired) electrons. The van der Waals surface area contributed by atoms with E-state index >= 15 is 0 Å². The van der Waals surface area contributed by atoms with Gasteiger partial charge in [0.2, 0.25) is 0 Å². The van der Waals surface area contributed by atoms with Gasteiger partial charge in [0.05, 0.1) is 6.20 Å². The molecule has 46 valence electrons. The minimum Gasteiger partial charge on any atom is -0.363 e. The maximum atomic E-state index is 2.95. The summed E-state index contributed by atoms with van der Waals surface area (Å²) < 4.78 is 0. The van der Waals surface area contributed by atoms with Gasteiger partial charge in [0.1, 0.15) is 0 Å². The lowest BCUT2D eigenvalue weighted by Crippen LogP contribution is -2.19. The molecular weight excluding hydrogens is 110 g/mol. The summed E-state index contributed by atoms with van der Waals surface area (Å²) in [5.41, 5.74) is 5.88. The zero-order valence-electron chi connectivity index (χ0n) is 5.30. The van der Waals surface area contributed by atoms with Crippen molar-refractivity contribution in [2.24, 2.45) is 0 Å². The summed E-state index contributed by atoms with van der Waals surface area (Å²) in [6.07, 6.45) is 6.77. The fourth-order valence-electron chi connectivity index (χ4n) is 1.04. The molecule has 2 rings (SSSR count). The molecule has 1 heteroatoms. The van der Waals surface area contributed by atoms with Gasteiger partial charge in [-0.15, -0.1) is 0 Å². The second-order valence-corrected chi connectivity index (χ2v) is 2.55. The van der Waals surface area contributed by atoms with Gasteiger partial charge in [-0.05, 0) is 18.9 Å². The van der Waals surface area contributed by atoms with Gasteiger partial charge in [0.15, 0.2) is 0 Å². The van der Waals surface area contributed by atoms with Gasteiger partial charge in [-0.25, -0.2) is 0 Å². The third kappa shape index (κ3) is 0.929. The fraction of sp³-hybridized carbons (Fsp3) is 0.500. The third-order valence-electron chi connectivity index (χ3n) is 1.73. The molecule has 1 aliphatic carbocycles. The Labute approximate surface area is 55.0 Å². The summed E-state index contributed by atoms with van der Waals surface area (Å²) in [5.74, 6) is 0. The van der Waals surface area contributed by atoms with Crippen LogP contribution < -0.4 is 0 Å². The van der Waals surface area contributed by atoms with Gasteiger partial charge >= 0.3 is 0 Å². The Morgan fingerprint density at radius 1 is 1.33 bits per heavy atom. The summed E-state index contributed by atoms with van der Waals surface area (Å²) in [4.78, 5) is 2.32. The highest BCUT2D eigenvalue weighted by Gasteiger charge is 2.26. The van der Waals surface area contributed by atoms with E-state index in [1.165, 1.54) is 12.8 Å². The average molecular weight is 119 g/mol. The molecule has 1 nitrogen and oxygen atoms in total. The minimum absolute atomic E-state index is 0.829. The Morgan fingerprint density at radius 3 is 2.78 bits per heavy atom. The molecule has 0 bridgehead atoms. The summed E-state index contributed by atoms with van der Waals surface area (Å²) in [6.45, 7) is 1.04. The van der Waals surface area contributed by atoms with Gasteiger partial charge in [0, 0.05) is 12.6 Å². The van der Waals surface area contributed by atoms with E-state index < -0.39 is 0 Å². The van der Waals surface area contributed by atoms with Crippen molar-refractivity contribution in [2.45, 2.75) is 18.9 Å². The highest BCUT2D eigenvalue weighted by molar-refractivity contribution is 5.01. The minimum atomic E-state index is 0.829. The zero-order chi connectivity index (χ0) is 6.10. The summed E-state index contributed by atoms with van der Waals surface area (Å²) in [5, 5.41) is 0. The predicted molar refractivity (Wildman–Crippen MR) is 35.9 cm³/mol.